The van der Waals surface area contributed by atoms with Crippen LogP contribution in [-0.4, -0.2) is 20.3 Å². The van der Waals surface area contributed by atoms with Gasteiger partial charge in [0.2, 0.25) is 0 Å². The highest BCUT2D eigenvalue weighted by Crippen LogP contribution is 2.30. The summed E-state index contributed by atoms with van der Waals surface area (Å²) in [6.07, 6.45) is 4.09. The summed E-state index contributed by atoms with van der Waals surface area (Å²) >= 11 is 0. The van der Waals surface area contributed by atoms with Crippen LogP contribution >= 0.6 is 0 Å². The van der Waals surface area contributed by atoms with Gasteiger partial charge in [0, 0.05) is 12.1 Å². The number of hydrogen-bond acceptors (Lipinski definition) is 3. The lowest BCUT2D eigenvalue weighted by atomic mass is 10.1. The van der Waals surface area contributed by atoms with Crippen LogP contribution in [0.4, 0.5) is 0 Å². The maximum absolute atomic E-state index is 5.33. The average molecular weight is 263 g/mol. The molecule has 0 radical (unpaired) electrons. The van der Waals surface area contributed by atoms with Crippen molar-refractivity contribution in [2.24, 2.45) is 0 Å². The van der Waals surface area contributed by atoms with Crippen LogP contribution in [-0.2, 0) is 0 Å². The first-order valence-corrected chi connectivity index (χ1v) is 6.71. The highest BCUT2D eigenvalue weighted by atomic mass is 16.5. The van der Waals surface area contributed by atoms with Crippen molar-refractivity contribution in [2.45, 2.75) is 38.8 Å². The second-order valence-electron chi connectivity index (χ2n) is 4.77. The second kappa shape index (κ2) is 7.85. The summed E-state index contributed by atoms with van der Waals surface area (Å²) < 4.78 is 10.6. The van der Waals surface area contributed by atoms with Gasteiger partial charge >= 0.3 is 0 Å². The van der Waals surface area contributed by atoms with Gasteiger partial charge in [0.1, 0.15) is 0 Å². The van der Waals surface area contributed by atoms with Crippen LogP contribution in [0.3, 0.4) is 0 Å². The Balaban J connectivity index is 2.71. The first-order chi connectivity index (χ1) is 9.12. The summed E-state index contributed by atoms with van der Waals surface area (Å²) in [6, 6.07) is 6.78. The lowest BCUT2D eigenvalue weighted by Crippen LogP contribution is -2.28. The Kier molecular flexibility index (Phi) is 6.43. The van der Waals surface area contributed by atoms with E-state index in [4.69, 9.17) is 9.47 Å². The van der Waals surface area contributed by atoms with Gasteiger partial charge in [-0.3, -0.25) is 0 Å². The Labute approximate surface area is 116 Å². The normalized spacial score (nSPS) is 13.7. The highest BCUT2D eigenvalue weighted by molar-refractivity contribution is 5.43. The molecule has 0 spiro atoms. The molecule has 1 N–H and O–H groups in total. The van der Waals surface area contributed by atoms with Crippen LogP contribution in [0.15, 0.2) is 30.9 Å². The Bertz CT molecular complexity index is 404. The largest absolute Gasteiger partial charge is 0.493 e. The number of benzene rings is 1. The predicted octanol–water partition coefficient (Wildman–Crippen LogP) is 3.71. The molecule has 19 heavy (non-hydrogen) atoms. The number of nitrogens with one attached hydrogen (secondary N) is 1. The van der Waals surface area contributed by atoms with E-state index in [-0.39, 0.29) is 6.04 Å². The third kappa shape index (κ3) is 4.60. The molecule has 1 aromatic rings. The molecule has 106 valence electrons. The lowest BCUT2D eigenvalue weighted by Gasteiger charge is -2.21. The average Bonchev–Trinajstić information content (AvgIpc) is 2.44. The molecule has 3 heteroatoms. The van der Waals surface area contributed by atoms with Crippen molar-refractivity contribution in [3.63, 3.8) is 0 Å². The Hall–Kier alpha value is -1.48. The van der Waals surface area contributed by atoms with Crippen LogP contribution in [0.2, 0.25) is 0 Å². The zero-order valence-electron chi connectivity index (χ0n) is 12.4. The number of rotatable bonds is 8. The molecular weight excluding hydrogens is 238 g/mol. The van der Waals surface area contributed by atoms with Gasteiger partial charge in [-0.15, -0.1) is 6.58 Å². The Morgan fingerprint density at radius 3 is 2.47 bits per heavy atom. The van der Waals surface area contributed by atoms with Crippen LogP contribution in [0.25, 0.3) is 0 Å². The smallest absolute Gasteiger partial charge is 0.161 e. The van der Waals surface area contributed by atoms with E-state index in [1.54, 1.807) is 14.2 Å². The highest BCUT2D eigenvalue weighted by Gasteiger charge is 2.12. The van der Waals surface area contributed by atoms with E-state index in [2.05, 4.69) is 31.8 Å². The molecule has 3 nitrogen and oxygen atoms in total. The molecular formula is C16H25NO2. The molecule has 0 bridgehead atoms. The third-order valence-electron chi connectivity index (χ3n) is 3.25. The van der Waals surface area contributed by atoms with Gasteiger partial charge in [0.25, 0.3) is 0 Å². The van der Waals surface area contributed by atoms with Crippen LogP contribution in [0.5, 0.6) is 11.5 Å². The fourth-order valence-electron chi connectivity index (χ4n) is 2.10. The van der Waals surface area contributed by atoms with Crippen LogP contribution in [0, 0.1) is 0 Å². The van der Waals surface area contributed by atoms with Crippen molar-refractivity contribution in [1.29, 1.82) is 0 Å². The maximum atomic E-state index is 5.33. The van der Waals surface area contributed by atoms with Crippen molar-refractivity contribution in [3.8, 4) is 11.5 Å². The van der Waals surface area contributed by atoms with Crippen molar-refractivity contribution in [1.82, 2.24) is 5.32 Å². The second-order valence-corrected chi connectivity index (χ2v) is 4.77. The minimum atomic E-state index is 0.277. The summed E-state index contributed by atoms with van der Waals surface area (Å²) in [4.78, 5) is 0. The zero-order chi connectivity index (χ0) is 14.3. The molecule has 1 aromatic carbocycles. The SMILES string of the molecule is C=CCCC(C)NC(C)c1ccc(OC)c(OC)c1. The van der Waals surface area contributed by atoms with Gasteiger partial charge in [-0.1, -0.05) is 12.1 Å². The maximum Gasteiger partial charge on any atom is 0.161 e. The summed E-state index contributed by atoms with van der Waals surface area (Å²) in [5.41, 5.74) is 1.20. The molecule has 0 saturated carbocycles. The molecule has 0 aliphatic carbocycles. The van der Waals surface area contributed by atoms with Gasteiger partial charge in [-0.25, -0.2) is 0 Å². The third-order valence-corrected chi connectivity index (χ3v) is 3.25. The molecule has 2 atom stereocenters. The van der Waals surface area contributed by atoms with Gasteiger partial charge in [-0.05, 0) is 44.4 Å². The van der Waals surface area contributed by atoms with Crippen molar-refractivity contribution >= 4 is 0 Å². The molecule has 0 amide bonds. The first kappa shape index (κ1) is 15.6. The van der Waals surface area contributed by atoms with Gasteiger partial charge in [0.15, 0.2) is 11.5 Å². The van der Waals surface area contributed by atoms with Crippen molar-refractivity contribution in [2.75, 3.05) is 14.2 Å². The predicted molar refractivity (Wildman–Crippen MR) is 80.0 cm³/mol. The van der Waals surface area contributed by atoms with Crippen molar-refractivity contribution in [3.05, 3.63) is 36.4 Å². The first-order valence-electron chi connectivity index (χ1n) is 6.71. The molecule has 0 heterocycles. The standard InChI is InChI=1S/C16H25NO2/c1-6-7-8-12(2)17-13(3)14-9-10-15(18-4)16(11-14)19-5/h6,9-13,17H,1,7-8H2,2-5H3. The van der Waals surface area contributed by atoms with Gasteiger partial charge < -0.3 is 14.8 Å². The molecule has 0 saturated heterocycles. The fourth-order valence-corrected chi connectivity index (χ4v) is 2.10. The molecule has 0 aliphatic heterocycles. The zero-order valence-corrected chi connectivity index (χ0v) is 12.4. The summed E-state index contributed by atoms with van der Waals surface area (Å²) in [5, 5.41) is 3.58. The molecule has 0 aliphatic rings. The van der Waals surface area contributed by atoms with Gasteiger partial charge in [0.05, 0.1) is 14.2 Å². The number of hydrogen-bond donors (Lipinski definition) is 1. The minimum absolute atomic E-state index is 0.277. The molecule has 0 fully saturated rings. The summed E-state index contributed by atoms with van der Waals surface area (Å²) in [7, 11) is 3.31. The van der Waals surface area contributed by atoms with E-state index in [1.165, 1.54) is 5.56 Å². The minimum Gasteiger partial charge on any atom is -0.493 e. The van der Waals surface area contributed by atoms with Crippen LogP contribution < -0.4 is 14.8 Å². The number of methoxy groups -OCH3 is 2. The van der Waals surface area contributed by atoms with E-state index in [1.807, 2.05) is 18.2 Å². The summed E-state index contributed by atoms with van der Waals surface area (Å²) in [6.45, 7) is 8.11. The van der Waals surface area contributed by atoms with Gasteiger partial charge in [-0.2, -0.15) is 0 Å². The van der Waals surface area contributed by atoms with E-state index >= 15 is 0 Å². The number of allylic oxidation sites excluding steroid dienone is 1. The molecule has 0 aromatic heterocycles. The Morgan fingerprint density at radius 1 is 1.21 bits per heavy atom. The summed E-state index contributed by atoms with van der Waals surface area (Å²) in [5.74, 6) is 1.53. The van der Waals surface area contributed by atoms with E-state index < -0.39 is 0 Å². The molecule has 2 unspecified atom stereocenters. The van der Waals surface area contributed by atoms with E-state index in [0.29, 0.717) is 6.04 Å². The monoisotopic (exact) mass is 263 g/mol. The fraction of sp³-hybridized carbons (Fsp3) is 0.500. The lowest BCUT2D eigenvalue weighted by molar-refractivity contribution is 0.353. The van der Waals surface area contributed by atoms with E-state index in [0.717, 1.165) is 24.3 Å². The quantitative estimate of drug-likeness (QED) is 0.725. The van der Waals surface area contributed by atoms with E-state index in [9.17, 15) is 0 Å². The topological polar surface area (TPSA) is 30.5 Å². The Morgan fingerprint density at radius 2 is 1.89 bits per heavy atom. The van der Waals surface area contributed by atoms with Crippen molar-refractivity contribution < 1.29 is 9.47 Å². The number of ether oxygens (including phenoxy) is 2. The molecule has 1 rings (SSSR count). The van der Waals surface area contributed by atoms with Crippen LogP contribution in [0.1, 0.15) is 38.3 Å².